The molecule has 0 spiro atoms. The Balaban J connectivity index is 3.18. The van der Waals surface area contributed by atoms with E-state index in [0.717, 1.165) is 4.47 Å². The quantitative estimate of drug-likeness (QED) is 0.626. The van der Waals surface area contributed by atoms with Crippen LogP contribution in [0.3, 0.4) is 0 Å². The van der Waals surface area contributed by atoms with Crippen LogP contribution >= 0.6 is 27.5 Å². The molecule has 17 heavy (non-hydrogen) atoms. The summed E-state index contributed by atoms with van der Waals surface area (Å²) in [5, 5.41) is 0. The van der Waals surface area contributed by atoms with Crippen LogP contribution in [0.4, 0.5) is 0 Å². The van der Waals surface area contributed by atoms with Gasteiger partial charge in [0, 0.05) is 15.8 Å². The van der Waals surface area contributed by atoms with Crippen molar-refractivity contribution in [2.24, 2.45) is 0 Å². The molecule has 0 saturated heterocycles. The van der Waals surface area contributed by atoms with Gasteiger partial charge in [-0.15, -0.1) is 0 Å². The highest BCUT2D eigenvalue weighted by molar-refractivity contribution is 9.10. The van der Waals surface area contributed by atoms with Gasteiger partial charge >= 0.3 is 0 Å². The standard InChI is InChI=1S/C11H12BrClO3S/c1-3-17(15,16)11(2,13)10(14)8-4-6-9(12)7-5-8/h4-7H,3H2,1-2H3. The van der Waals surface area contributed by atoms with Crippen molar-refractivity contribution in [2.45, 2.75) is 18.1 Å². The molecular formula is C11H12BrClO3S. The SMILES string of the molecule is CCS(=O)(=O)C(C)(Cl)C(=O)c1ccc(Br)cc1. The van der Waals surface area contributed by atoms with Crippen LogP contribution in [0.2, 0.25) is 0 Å². The van der Waals surface area contributed by atoms with Crippen LogP contribution in [0.5, 0.6) is 0 Å². The molecule has 0 aliphatic carbocycles. The molecular weight excluding hydrogens is 328 g/mol. The summed E-state index contributed by atoms with van der Waals surface area (Å²) in [5.74, 6) is -0.775. The van der Waals surface area contributed by atoms with Crippen molar-refractivity contribution in [1.29, 1.82) is 0 Å². The fourth-order valence-electron chi connectivity index (χ4n) is 1.27. The van der Waals surface area contributed by atoms with E-state index in [4.69, 9.17) is 11.6 Å². The Labute approximate surface area is 114 Å². The van der Waals surface area contributed by atoms with Crippen molar-refractivity contribution in [3.8, 4) is 0 Å². The lowest BCUT2D eigenvalue weighted by molar-refractivity contribution is 0.0978. The van der Waals surface area contributed by atoms with E-state index in [1.807, 2.05) is 0 Å². The number of sulfone groups is 1. The monoisotopic (exact) mass is 338 g/mol. The predicted molar refractivity (Wildman–Crippen MR) is 72.2 cm³/mol. The molecule has 0 saturated carbocycles. The summed E-state index contributed by atoms with van der Waals surface area (Å²) in [4.78, 5) is 12.1. The van der Waals surface area contributed by atoms with Crippen molar-refractivity contribution < 1.29 is 13.2 Å². The minimum absolute atomic E-state index is 0.171. The van der Waals surface area contributed by atoms with Crippen molar-refractivity contribution >= 4 is 43.2 Å². The molecule has 6 heteroatoms. The second-order valence-electron chi connectivity index (χ2n) is 3.66. The molecule has 1 aromatic rings. The Morgan fingerprint density at radius 3 is 2.24 bits per heavy atom. The minimum atomic E-state index is -3.65. The van der Waals surface area contributed by atoms with E-state index in [9.17, 15) is 13.2 Å². The summed E-state index contributed by atoms with van der Waals surface area (Å²) < 4.78 is 22.4. The summed E-state index contributed by atoms with van der Waals surface area (Å²) in [7, 11) is -3.65. The number of carbonyl (C=O) groups excluding carboxylic acids is 1. The van der Waals surface area contributed by atoms with Crippen LogP contribution in [0, 0.1) is 0 Å². The van der Waals surface area contributed by atoms with Gasteiger partial charge in [0.2, 0.25) is 4.21 Å². The first kappa shape index (κ1) is 14.7. The smallest absolute Gasteiger partial charge is 0.205 e. The van der Waals surface area contributed by atoms with Crippen molar-refractivity contribution in [3.05, 3.63) is 34.3 Å². The number of hydrogen-bond donors (Lipinski definition) is 0. The zero-order chi connectivity index (χ0) is 13.3. The lowest BCUT2D eigenvalue weighted by Crippen LogP contribution is -2.39. The van der Waals surface area contributed by atoms with Gasteiger partial charge in [0.15, 0.2) is 15.6 Å². The molecule has 0 aliphatic heterocycles. The fourth-order valence-corrected chi connectivity index (χ4v) is 2.91. The highest BCUT2D eigenvalue weighted by Crippen LogP contribution is 2.28. The topological polar surface area (TPSA) is 51.2 Å². The van der Waals surface area contributed by atoms with Gasteiger partial charge in [-0.3, -0.25) is 4.79 Å². The van der Waals surface area contributed by atoms with Crippen LogP contribution in [0.15, 0.2) is 28.7 Å². The van der Waals surface area contributed by atoms with E-state index < -0.39 is 19.8 Å². The third-order valence-electron chi connectivity index (χ3n) is 2.48. The zero-order valence-corrected chi connectivity index (χ0v) is 12.6. The van der Waals surface area contributed by atoms with Crippen molar-refractivity contribution in [2.75, 3.05) is 5.75 Å². The van der Waals surface area contributed by atoms with Crippen LogP contribution < -0.4 is 0 Å². The summed E-state index contributed by atoms with van der Waals surface area (Å²) >= 11 is 9.14. The lowest BCUT2D eigenvalue weighted by atomic mass is 10.1. The molecule has 1 rings (SSSR count). The van der Waals surface area contributed by atoms with Crippen molar-refractivity contribution in [1.82, 2.24) is 0 Å². The molecule has 1 atom stereocenters. The van der Waals surface area contributed by atoms with Gasteiger partial charge in [-0.05, 0) is 19.1 Å². The number of rotatable bonds is 4. The Kier molecular flexibility index (Phi) is 4.38. The summed E-state index contributed by atoms with van der Waals surface area (Å²) in [6.45, 7) is 2.68. The third-order valence-corrected chi connectivity index (χ3v) is 6.00. The summed E-state index contributed by atoms with van der Waals surface area (Å²) in [6.07, 6.45) is 0. The number of alkyl halides is 1. The maximum atomic E-state index is 12.1. The highest BCUT2D eigenvalue weighted by Gasteiger charge is 2.43. The number of halogens is 2. The molecule has 0 heterocycles. The van der Waals surface area contributed by atoms with E-state index in [-0.39, 0.29) is 11.3 Å². The van der Waals surface area contributed by atoms with Gasteiger partial charge in [-0.25, -0.2) is 8.42 Å². The first-order chi connectivity index (χ1) is 7.72. The Morgan fingerprint density at radius 2 is 1.82 bits per heavy atom. The Morgan fingerprint density at radius 1 is 1.35 bits per heavy atom. The van der Waals surface area contributed by atoms with E-state index in [0.29, 0.717) is 0 Å². The second-order valence-corrected chi connectivity index (χ2v) is 8.18. The average molecular weight is 340 g/mol. The van der Waals surface area contributed by atoms with Gasteiger partial charge in [-0.2, -0.15) is 0 Å². The molecule has 1 unspecified atom stereocenters. The number of hydrogen-bond acceptors (Lipinski definition) is 3. The van der Waals surface area contributed by atoms with Gasteiger partial charge < -0.3 is 0 Å². The number of benzene rings is 1. The number of carbonyl (C=O) groups is 1. The normalized spacial score (nSPS) is 15.3. The first-order valence-electron chi connectivity index (χ1n) is 4.94. The Hall–Kier alpha value is -0.390. The molecule has 94 valence electrons. The summed E-state index contributed by atoms with van der Waals surface area (Å²) in [5.41, 5.74) is 0.280. The maximum absolute atomic E-state index is 12.1. The van der Waals surface area contributed by atoms with Gasteiger partial charge in [0.1, 0.15) is 0 Å². The minimum Gasteiger partial charge on any atom is -0.291 e. The van der Waals surface area contributed by atoms with Crippen molar-refractivity contribution in [3.63, 3.8) is 0 Å². The largest absolute Gasteiger partial charge is 0.291 e. The van der Waals surface area contributed by atoms with Gasteiger partial charge in [0.05, 0.1) is 0 Å². The van der Waals surface area contributed by atoms with Crippen LogP contribution in [-0.2, 0) is 9.84 Å². The average Bonchev–Trinajstić information content (AvgIpc) is 2.28. The van der Waals surface area contributed by atoms with E-state index in [2.05, 4.69) is 15.9 Å². The zero-order valence-electron chi connectivity index (χ0n) is 9.41. The fraction of sp³-hybridized carbons (Fsp3) is 0.364. The second kappa shape index (κ2) is 5.08. The van der Waals surface area contributed by atoms with Gasteiger partial charge in [0.25, 0.3) is 0 Å². The number of Topliss-reactive ketones (excluding diaryl/α,β-unsaturated/α-hetero) is 1. The van der Waals surface area contributed by atoms with E-state index in [1.165, 1.54) is 26.0 Å². The molecule has 0 aromatic heterocycles. The molecule has 0 N–H and O–H groups in total. The van der Waals surface area contributed by atoms with E-state index in [1.54, 1.807) is 12.1 Å². The maximum Gasteiger partial charge on any atom is 0.205 e. The van der Waals surface area contributed by atoms with Crippen LogP contribution in [0.25, 0.3) is 0 Å². The number of ketones is 1. The molecule has 0 fully saturated rings. The predicted octanol–water partition coefficient (Wildman–Crippen LogP) is 3.02. The molecule has 0 bridgehead atoms. The van der Waals surface area contributed by atoms with Crippen LogP contribution in [0.1, 0.15) is 24.2 Å². The van der Waals surface area contributed by atoms with Gasteiger partial charge in [-0.1, -0.05) is 46.6 Å². The molecule has 0 radical (unpaired) electrons. The first-order valence-corrected chi connectivity index (χ1v) is 7.76. The highest BCUT2D eigenvalue weighted by atomic mass is 79.9. The lowest BCUT2D eigenvalue weighted by Gasteiger charge is -2.20. The third kappa shape index (κ3) is 2.89. The Bertz CT molecular complexity index is 520. The summed E-state index contributed by atoms with van der Waals surface area (Å²) in [6, 6.07) is 6.41. The molecule has 0 amide bonds. The molecule has 1 aromatic carbocycles. The van der Waals surface area contributed by atoms with E-state index >= 15 is 0 Å². The molecule has 3 nitrogen and oxygen atoms in total. The molecule has 0 aliphatic rings. The van der Waals surface area contributed by atoms with Crippen LogP contribution in [-0.4, -0.2) is 24.2 Å².